The standard InChI is InChI=1S/C22H18ClFN6O/c23-15-6-4-14(5-7-15)19-20(28-22(31)27-13-17-3-1-2-12-26-17)21(25)30(29-19)18-10-8-16(24)9-11-18/h1-12H,13,25H2,(H2,27,28,31). The molecule has 0 radical (unpaired) electrons. The van der Waals surface area contributed by atoms with Crippen molar-refractivity contribution in [3.8, 4) is 16.9 Å². The van der Waals surface area contributed by atoms with E-state index in [0.717, 1.165) is 0 Å². The van der Waals surface area contributed by atoms with Crippen LogP contribution < -0.4 is 16.4 Å². The molecule has 0 spiro atoms. The molecule has 0 atom stereocenters. The fourth-order valence-electron chi connectivity index (χ4n) is 2.97. The summed E-state index contributed by atoms with van der Waals surface area (Å²) in [5.74, 6) is -0.177. The van der Waals surface area contributed by atoms with Crippen molar-refractivity contribution >= 4 is 29.1 Å². The summed E-state index contributed by atoms with van der Waals surface area (Å²) in [7, 11) is 0. The van der Waals surface area contributed by atoms with Crippen molar-refractivity contribution in [3.05, 3.63) is 89.5 Å². The summed E-state index contributed by atoms with van der Waals surface area (Å²) < 4.78 is 14.8. The van der Waals surface area contributed by atoms with Gasteiger partial charge in [0.15, 0.2) is 5.82 Å². The van der Waals surface area contributed by atoms with Gasteiger partial charge in [0.1, 0.15) is 17.2 Å². The highest BCUT2D eigenvalue weighted by Gasteiger charge is 2.20. The number of nitrogens with two attached hydrogens (primary N) is 1. The monoisotopic (exact) mass is 436 g/mol. The fraction of sp³-hybridized carbons (Fsp3) is 0.0455. The summed E-state index contributed by atoms with van der Waals surface area (Å²) in [6.07, 6.45) is 1.65. The lowest BCUT2D eigenvalue weighted by Crippen LogP contribution is -2.29. The Kier molecular flexibility index (Phi) is 5.81. The van der Waals surface area contributed by atoms with Gasteiger partial charge in [-0.05, 0) is 48.5 Å². The van der Waals surface area contributed by atoms with Crippen LogP contribution in [-0.2, 0) is 6.54 Å². The molecule has 156 valence electrons. The number of amides is 2. The van der Waals surface area contributed by atoms with E-state index in [2.05, 4.69) is 20.7 Å². The number of nitrogens with one attached hydrogen (secondary N) is 2. The number of nitrogen functional groups attached to an aromatic ring is 1. The minimum atomic E-state index is -0.466. The largest absolute Gasteiger partial charge is 0.382 e. The minimum Gasteiger partial charge on any atom is -0.382 e. The van der Waals surface area contributed by atoms with Crippen LogP contribution in [0.4, 0.5) is 20.7 Å². The number of hydrogen-bond donors (Lipinski definition) is 3. The Balaban J connectivity index is 1.66. The molecule has 0 fully saturated rings. The Morgan fingerprint density at radius 3 is 2.48 bits per heavy atom. The Hall–Kier alpha value is -3.91. The molecule has 2 aromatic carbocycles. The van der Waals surface area contributed by atoms with Crippen LogP contribution in [0.25, 0.3) is 16.9 Å². The van der Waals surface area contributed by atoms with Crippen molar-refractivity contribution in [1.29, 1.82) is 0 Å². The second-order valence-corrected chi connectivity index (χ2v) is 7.07. The molecule has 4 rings (SSSR count). The number of anilines is 2. The zero-order valence-electron chi connectivity index (χ0n) is 16.2. The number of nitrogens with zero attached hydrogens (tertiary/aromatic N) is 3. The van der Waals surface area contributed by atoms with Crippen molar-refractivity contribution in [2.75, 3.05) is 11.1 Å². The van der Waals surface area contributed by atoms with Crippen LogP contribution in [0.15, 0.2) is 72.9 Å². The molecule has 0 aliphatic heterocycles. The number of aromatic nitrogens is 3. The molecule has 4 aromatic rings. The van der Waals surface area contributed by atoms with Crippen molar-refractivity contribution in [3.63, 3.8) is 0 Å². The lowest BCUT2D eigenvalue weighted by molar-refractivity contribution is 0.251. The molecule has 0 saturated carbocycles. The van der Waals surface area contributed by atoms with E-state index in [1.807, 2.05) is 6.07 Å². The predicted molar refractivity (Wildman–Crippen MR) is 118 cm³/mol. The summed E-state index contributed by atoms with van der Waals surface area (Å²) in [6.45, 7) is 0.245. The molecule has 2 heterocycles. The molecule has 7 nitrogen and oxygen atoms in total. The van der Waals surface area contributed by atoms with E-state index in [0.29, 0.717) is 33.3 Å². The molecule has 4 N–H and O–H groups in total. The van der Waals surface area contributed by atoms with E-state index in [-0.39, 0.29) is 18.2 Å². The third kappa shape index (κ3) is 4.65. The number of carbonyl (C=O) groups is 1. The van der Waals surface area contributed by atoms with Gasteiger partial charge >= 0.3 is 6.03 Å². The Bertz CT molecular complexity index is 1190. The Morgan fingerprint density at radius 1 is 1.06 bits per heavy atom. The average Bonchev–Trinajstić information content (AvgIpc) is 3.10. The smallest absolute Gasteiger partial charge is 0.319 e. The van der Waals surface area contributed by atoms with Crippen LogP contribution in [-0.4, -0.2) is 20.8 Å². The van der Waals surface area contributed by atoms with Crippen molar-refractivity contribution < 1.29 is 9.18 Å². The molecular weight excluding hydrogens is 419 g/mol. The molecule has 9 heteroatoms. The molecule has 0 aliphatic carbocycles. The summed E-state index contributed by atoms with van der Waals surface area (Å²) in [5.41, 5.74) is 9.07. The SMILES string of the molecule is Nc1c(NC(=O)NCc2ccccn2)c(-c2ccc(Cl)cc2)nn1-c1ccc(F)cc1. The molecule has 2 aromatic heterocycles. The van der Waals surface area contributed by atoms with Crippen molar-refractivity contribution in [1.82, 2.24) is 20.1 Å². The van der Waals surface area contributed by atoms with Crippen LogP contribution in [0, 0.1) is 5.82 Å². The zero-order valence-corrected chi connectivity index (χ0v) is 17.0. The maximum Gasteiger partial charge on any atom is 0.319 e. The number of urea groups is 1. The number of pyridine rings is 1. The first-order chi connectivity index (χ1) is 15.0. The molecule has 2 amide bonds. The lowest BCUT2D eigenvalue weighted by atomic mass is 10.1. The number of halogens is 2. The maximum atomic E-state index is 13.3. The third-order valence-electron chi connectivity index (χ3n) is 4.50. The number of hydrogen-bond acceptors (Lipinski definition) is 4. The van der Waals surface area contributed by atoms with Gasteiger partial charge in [0, 0.05) is 16.8 Å². The predicted octanol–water partition coefficient (Wildman–Crippen LogP) is 4.63. The molecule has 0 bridgehead atoms. The van der Waals surface area contributed by atoms with Gasteiger partial charge in [0.05, 0.1) is 17.9 Å². The van der Waals surface area contributed by atoms with Crippen LogP contribution in [0.2, 0.25) is 5.02 Å². The Morgan fingerprint density at radius 2 is 1.81 bits per heavy atom. The van der Waals surface area contributed by atoms with Crippen LogP contribution in [0.1, 0.15) is 5.69 Å². The highest BCUT2D eigenvalue weighted by atomic mass is 35.5. The molecule has 0 aliphatic rings. The van der Waals surface area contributed by atoms with Gasteiger partial charge in [-0.15, -0.1) is 0 Å². The molecule has 0 unspecified atom stereocenters. The van der Waals surface area contributed by atoms with E-state index >= 15 is 0 Å². The number of carbonyl (C=O) groups excluding carboxylic acids is 1. The lowest BCUT2D eigenvalue weighted by Gasteiger charge is -2.09. The van der Waals surface area contributed by atoms with E-state index in [9.17, 15) is 9.18 Å². The Labute approximate surface area is 182 Å². The van der Waals surface area contributed by atoms with Gasteiger partial charge in [-0.25, -0.2) is 13.9 Å². The topological polar surface area (TPSA) is 97.9 Å². The van der Waals surface area contributed by atoms with Gasteiger partial charge in [-0.2, -0.15) is 5.10 Å². The van der Waals surface area contributed by atoms with Crippen molar-refractivity contribution in [2.24, 2.45) is 0 Å². The molecule has 31 heavy (non-hydrogen) atoms. The van der Waals surface area contributed by atoms with Crippen LogP contribution in [0.3, 0.4) is 0 Å². The fourth-order valence-corrected chi connectivity index (χ4v) is 3.10. The highest BCUT2D eigenvalue weighted by Crippen LogP contribution is 2.34. The first kappa shape index (κ1) is 20.4. The summed E-state index contributed by atoms with van der Waals surface area (Å²) >= 11 is 6.00. The van der Waals surface area contributed by atoms with Crippen LogP contribution in [0.5, 0.6) is 0 Å². The zero-order chi connectivity index (χ0) is 21.8. The quantitative estimate of drug-likeness (QED) is 0.424. The maximum absolute atomic E-state index is 13.3. The number of rotatable bonds is 5. The summed E-state index contributed by atoms with van der Waals surface area (Å²) in [5, 5.41) is 10.6. The van der Waals surface area contributed by atoms with Gasteiger partial charge < -0.3 is 16.4 Å². The van der Waals surface area contributed by atoms with Crippen molar-refractivity contribution in [2.45, 2.75) is 6.54 Å². The minimum absolute atomic E-state index is 0.199. The van der Waals surface area contributed by atoms with E-state index < -0.39 is 6.03 Å². The first-order valence-electron chi connectivity index (χ1n) is 9.36. The van der Waals surface area contributed by atoms with Gasteiger partial charge in [0.25, 0.3) is 0 Å². The van der Waals surface area contributed by atoms with E-state index in [1.54, 1.807) is 54.7 Å². The third-order valence-corrected chi connectivity index (χ3v) is 4.76. The second kappa shape index (κ2) is 8.85. The van der Waals surface area contributed by atoms with E-state index in [4.69, 9.17) is 17.3 Å². The van der Waals surface area contributed by atoms with E-state index in [1.165, 1.54) is 16.8 Å². The second-order valence-electron chi connectivity index (χ2n) is 6.63. The number of benzene rings is 2. The first-order valence-corrected chi connectivity index (χ1v) is 9.74. The summed E-state index contributed by atoms with van der Waals surface area (Å²) in [6, 6.07) is 17.7. The van der Waals surface area contributed by atoms with Gasteiger partial charge in [-0.3, -0.25) is 4.98 Å². The van der Waals surface area contributed by atoms with Gasteiger partial charge in [0.2, 0.25) is 0 Å². The van der Waals surface area contributed by atoms with Crippen LogP contribution >= 0.6 is 11.6 Å². The normalized spacial score (nSPS) is 10.6. The average molecular weight is 437 g/mol. The highest BCUT2D eigenvalue weighted by molar-refractivity contribution is 6.30. The molecular formula is C22H18ClFN6O. The molecule has 0 saturated heterocycles. The summed E-state index contributed by atoms with van der Waals surface area (Å²) in [4.78, 5) is 16.7. The van der Waals surface area contributed by atoms with Gasteiger partial charge in [-0.1, -0.05) is 29.8 Å².